The molecular weight excluding hydrogens is 228 g/mol. The first-order valence-electron chi connectivity index (χ1n) is 7.26. The molecule has 3 heteroatoms. The van der Waals surface area contributed by atoms with Gasteiger partial charge < -0.3 is 9.80 Å². The van der Waals surface area contributed by atoms with E-state index in [1.165, 1.54) is 58.3 Å². The van der Waals surface area contributed by atoms with Crippen molar-refractivity contribution in [2.24, 2.45) is 11.3 Å². The molecule has 0 aromatic carbocycles. The maximum absolute atomic E-state index is 4.54. The fourth-order valence-electron chi connectivity index (χ4n) is 3.89. The Balaban J connectivity index is 1.56. The van der Waals surface area contributed by atoms with Crippen LogP contribution in [0.2, 0.25) is 0 Å². The molecule has 3 rings (SSSR count). The van der Waals surface area contributed by atoms with Crippen LogP contribution in [0.1, 0.15) is 32.1 Å². The minimum Gasteiger partial charge on any atom is -0.303 e. The molecule has 1 saturated carbocycles. The van der Waals surface area contributed by atoms with Crippen LogP contribution in [-0.2, 0) is 0 Å². The second-order valence-corrected chi connectivity index (χ2v) is 6.95. The summed E-state index contributed by atoms with van der Waals surface area (Å²) in [6.45, 7) is 5.32. The molecule has 0 aromatic heterocycles. The van der Waals surface area contributed by atoms with Crippen molar-refractivity contribution in [1.82, 2.24) is 9.80 Å². The molecule has 0 amide bonds. The first-order chi connectivity index (χ1) is 8.22. The van der Waals surface area contributed by atoms with Gasteiger partial charge in [-0.2, -0.15) is 12.6 Å². The van der Waals surface area contributed by atoms with Gasteiger partial charge in [0.05, 0.1) is 0 Å². The van der Waals surface area contributed by atoms with Crippen LogP contribution in [0, 0.1) is 11.3 Å². The minimum absolute atomic E-state index is 0.608. The fourth-order valence-corrected chi connectivity index (χ4v) is 4.30. The van der Waals surface area contributed by atoms with E-state index < -0.39 is 0 Å². The first-order valence-corrected chi connectivity index (χ1v) is 7.89. The van der Waals surface area contributed by atoms with Gasteiger partial charge in [-0.05, 0) is 69.3 Å². The summed E-state index contributed by atoms with van der Waals surface area (Å²) in [7, 11) is 2.32. The van der Waals surface area contributed by atoms with E-state index in [-0.39, 0.29) is 0 Å². The van der Waals surface area contributed by atoms with Crippen molar-refractivity contribution in [3.8, 4) is 0 Å². The number of fused-ring (bicyclic) bond motifs is 1. The van der Waals surface area contributed by atoms with E-state index in [1.807, 2.05) is 0 Å². The van der Waals surface area contributed by atoms with Crippen LogP contribution < -0.4 is 0 Å². The predicted octanol–water partition coefficient (Wildman–Crippen LogP) is 2.11. The largest absolute Gasteiger partial charge is 0.303 e. The van der Waals surface area contributed by atoms with Gasteiger partial charge in [0.1, 0.15) is 0 Å². The third-order valence-corrected chi connectivity index (χ3v) is 5.95. The summed E-state index contributed by atoms with van der Waals surface area (Å²) in [6, 6.07) is 0.881. The lowest BCUT2D eigenvalue weighted by Gasteiger charge is -2.46. The highest BCUT2D eigenvalue weighted by Crippen LogP contribution is 2.47. The molecule has 0 aromatic rings. The van der Waals surface area contributed by atoms with Crippen molar-refractivity contribution in [3.05, 3.63) is 0 Å². The topological polar surface area (TPSA) is 6.48 Å². The molecule has 2 heterocycles. The van der Waals surface area contributed by atoms with Crippen molar-refractivity contribution < 1.29 is 0 Å². The molecule has 0 radical (unpaired) electrons. The third kappa shape index (κ3) is 2.52. The van der Waals surface area contributed by atoms with Gasteiger partial charge in [0, 0.05) is 19.1 Å². The van der Waals surface area contributed by atoms with Gasteiger partial charge in [-0.1, -0.05) is 0 Å². The van der Waals surface area contributed by atoms with Crippen molar-refractivity contribution >= 4 is 12.6 Å². The van der Waals surface area contributed by atoms with Crippen molar-refractivity contribution in [2.45, 2.75) is 38.1 Å². The van der Waals surface area contributed by atoms with E-state index >= 15 is 0 Å². The number of nitrogens with zero attached hydrogens (tertiary/aromatic N) is 2. The second-order valence-electron chi connectivity index (χ2n) is 6.63. The van der Waals surface area contributed by atoms with Crippen molar-refractivity contribution in [3.63, 3.8) is 0 Å². The summed E-state index contributed by atoms with van der Waals surface area (Å²) in [5, 5.41) is 0. The highest BCUT2D eigenvalue weighted by atomic mass is 32.1. The number of thiol groups is 1. The zero-order chi connectivity index (χ0) is 11.9. The second kappa shape index (κ2) is 4.75. The quantitative estimate of drug-likeness (QED) is 0.771. The highest BCUT2D eigenvalue weighted by molar-refractivity contribution is 7.80. The molecule has 0 N–H and O–H groups in total. The highest BCUT2D eigenvalue weighted by Gasteiger charge is 2.44. The van der Waals surface area contributed by atoms with Gasteiger partial charge in [0.25, 0.3) is 0 Å². The standard InChI is InChI=1S/C14H26N2S/c1-15-7-2-3-12-9-16(8-4-13(12)15)10-14(11-17)5-6-14/h12-13,17H,2-11H2,1H3. The third-order valence-electron chi connectivity index (χ3n) is 5.28. The Morgan fingerprint density at radius 1 is 1.24 bits per heavy atom. The molecule has 98 valence electrons. The summed E-state index contributed by atoms with van der Waals surface area (Å²) in [6.07, 6.45) is 7.09. The maximum Gasteiger partial charge on any atom is 0.0145 e. The molecule has 0 bridgehead atoms. The predicted molar refractivity (Wildman–Crippen MR) is 75.7 cm³/mol. The SMILES string of the molecule is CN1CCCC2CN(CC3(CS)CC3)CCC21. The normalized spacial score (nSPS) is 37.8. The van der Waals surface area contributed by atoms with Gasteiger partial charge in [0.15, 0.2) is 0 Å². The molecule has 2 nitrogen and oxygen atoms in total. The smallest absolute Gasteiger partial charge is 0.0145 e. The Hall–Kier alpha value is 0.270. The molecular formula is C14H26N2S. The average molecular weight is 254 g/mol. The zero-order valence-corrected chi connectivity index (χ0v) is 12.0. The fraction of sp³-hybridized carbons (Fsp3) is 1.00. The molecule has 3 aliphatic rings. The molecule has 2 saturated heterocycles. The number of hydrogen-bond donors (Lipinski definition) is 1. The molecule has 2 aliphatic heterocycles. The van der Waals surface area contributed by atoms with E-state index in [4.69, 9.17) is 0 Å². The lowest BCUT2D eigenvalue weighted by atomic mass is 9.84. The molecule has 17 heavy (non-hydrogen) atoms. The van der Waals surface area contributed by atoms with Crippen LogP contribution in [0.15, 0.2) is 0 Å². The van der Waals surface area contributed by atoms with Crippen LogP contribution in [0.5, 0.6) is 0 Å². The Bertz CT molecular complexity index is 277. The summed E-state index contributed by atoms with van der Waals surface area (Å²) in [4.78, 5) is 5.35. The van der Waals surface area contributed by atoms with E-state index in [1.54, 1.807) is 0 Å². The molecule has 0 spiro atoms. The molecule has 3 fully saturated rings. The van der Waals surface area contributed by atoms with Crippen LogP contribution in [0.4, 0.5) is 0 Å². The van der Waals surface area contributed by atoms with E-state index in [2.05, 4.69) is 29.5 Å². The average Bonchev–Trinajstić information content (AvgIpc) is 3.10. The number of hydrogen-bond acceptors (Lipinski definition) is 3. The zero-order valence-electron chi connectivity index (χ0n) is 11.1. The summed E-state index contributed by atoms with van der Waals surface area (Å²) < 4.78 is 0. The van der Waals surface area contributed by atoms with Crippen LogP contribution >= 0.6 is 12.6 Å². The van der Waals surface area contributed by atoms with E-state index in [0.29, 0.717) is 5.41 Å². The number of likely N-dealkylation sites (tertiary alicyclic amines) is 2. The Morgan fingerprint density at radius 2 is 2.06 bits per heavy atom. The molecule has 2 atom stereocenters. The maximum atomic E-state index is 4.54. The van der Waals surface area contributed by atoms with Crippen LogP contribution in [0.3, 0.4) is 0 Å². The Labute approximate surface area is 111 Å². The summed E-state index contributed by atoms with van der Waals surface area (Å²) in [5.74, 6) is 2.04. The van der Waals surface area contributed by atoms with Crippen molar-refractivity contribution in [1.29, 1.82) is 0 Å². The number of piperidine rings is 2. The monoisotopic (exact) mass is 254 g/mol. The van der Waals surface area contributed by atoms with Gasteiger partial charge in [-0.15, -0.1) is 0 Å². The Morgan fingerprint density at radius 3 is 2.76 bits per heavy atom. The number of rotatable bonds is 3. The molecule has 1 aliphatic carbocycles. The summed E-state index contributed by atoms with van der Waals surface area (Å²) >= 11 is 4.54. The van der Waals surface area contributed by atoms with Crippen LogP contribution in [0.25, 0.3) is 0 Å². The molecule has 2 unspecified atom stereocenters. The van der Waals surface area contributed by atoms with Gasteiger partial charge >= 0.3 is 0 Å². The lowest BCUT2D eigenvalue weighted by molar-refractivity contribution is 0.0320. The first kappa shape index (κ1) is 12.3. The van der Waals surface area contributed by atoms with Gasteiger partial charge in [-0.25, -0.2) is 0 Å². The van der Waals surface area contributed by atoms with Crippen LogP contribution in [-0.4, -0.2) is 54.8 Å². The Kier molecular flexibility index (Phi) is 3.44. The van der Waals surface area contributed by atoms with Gasteiger partial charge in [-0.3, -0.25) is 0 Å². The van der Waals surface area contributed by atoms with Crippen molar-refractivity contribution in [2.75, 3.05) is 39.0 Å². The summed E-state index contributed by atoms with van der Waals surface area (Å²) in [5.41, 5.74) is 0.608. The lowest BCUT2D eigenvalue weighted by Crippen LogP contribution is -2.53. The minimum atomic E-state index is 0.608. The van der Waals surface area contributed by atoms with E-state index in [9.17, 15) is 0 Å². The van der Waals surface area contributed by atoms with Gasteiger partial charge in [0.2, 0.25) is 0 Å². The van der Waals surface area contributed by atoms with E-state index in [0.717, 1.165) is 17.7 Å².